The number of aromatic amines is 1. The molecule has 100 valence electrons. The first kappa shape index (κ1) is 12.2. The van der Waals surface area contributed by atoms with Crippen molar-refractivity contribution in [3.8, 4) is 5.69 Å². The van der Waals surface area contributed by atoms with Gasteiger partial charge in [-0.15, -0.1) is 0 Å². The molecule has 20 heavy (non-hydrogen) atoms. The Morgan fingerprint density at radius 2 is 2.05 bits per heavy atom. The summed E-state index contributed by atoms with van der Waals surface area (Å²) in [7, 11) is 0. The number of benzene rings is 1. The molecule has 5 nitrogen and oxygen atoms in total. The van der Waals surface area contributed by atoms with E-state index in [1.165, 1.54) is 0 Å². The summed E-state index contributed by atoms with van der Waals surface area (Å²) < 4.78 is 6.98. The molecule has 1 N–H and O–H groups in total. The molecule has 0 aliphatic carbocycles. The fraction of sp³-hybridized carbons (Fsp3) is 0.0667. The Morgan fingerprint density at radius 3 is 2.70 bits per heavy atom. The SMILES string of the molecule is O=C(OCc1ccc(-n2cccn2)cc1)c1ccc[nH]1. The standard InChI is InChI=1S/C15H13N3O2/c19-15(14-3-1-8-16-14)20-11-12-4-6-13(7-5-12)18-10-2-9-17-18/h1-10,16H,11H2. The molecule has 0 saturated carbocycles. The third-order valence-electron chi connectivity index (χ3n) is 2.89. The van der Waals surface area contributed by atoms with Crippen molar-refractivity contribution >= 4 is 5.97 Å². The van der Waals surface area contributed by atoms with Crippen LogP contribution in [0.4, 0.5) is 0 Å². The first-order valence-electron chi connectivity index (χ1n) is 6.22. The van der Waals surface area contributed by atoms with Crippen molar-refractivity contribution < 1.29 is 9.53 Å². The molecular formula is C15H13N3O2. The van der Waals surface area contributed by atoms with Gasteiger partial charge in [-0.3, -0.25) is 0 Å². The molecule has 0 spiro atoms. The van der Waals surface area contributed by atoms with Gasteiger partial charge in [0, 0.05) is 18.6 Å². The fourth-order valence-electron chi connectivity index (χ4n) is 1.85. The second-order valence-corrected chi connectivity index (χ2v) is 4.28. The van der Waals surface area contributed by atoms with Crippen LogP contribution in [0.5, 0.6) is 0 Å². The van der Waals surface area contributed by atoms with Gasteiger partial charge in [0.1, 0.15) is 12.3 Å². The maximum atomic E-state index is 11.7. The predicted molar refractivity (Wildman–Crippen MR) is 73.5 cm³/mol. The van der Waals surface area contributed by atoms with Crippen molar-refractivity contribution in [1.82, 2.24) is 14.8 Å². The molecule has 5 heteroatoms. The van der Waals surface area contributed by atoms with Crippen molar-refractivity contribution in [3.63, 3.8) is 0 Å². The monoisotopic (exact) mass is 267 g/mol. The molecule has 0 unspecified atom stereocenters. The van der Waals surface area contributed by atoms with E-state index >= 15 is 0 Å². The van der Waals surface area contributed by atoms with Gasteiger partial charge in [-0.2, -0.15) is 5.10 Å². The molecular weight excluding hydrogens is 254 g/mol. The van der Waals surface area contributed by atoms with Gasteiger partial charge in [0.05, 0.1) is 5.69 Å². The number of nitrogens with one attached hydrogen (secondary N) is 1. The number of aromatic nitrogens is 3. The van der Waals surface area contributed by atoms with Gasteiger partial charge in [0.2, 0.25) is 0 Å². The maximum absolute atomic E-state index is 11.7. The van der Waals surface area contributed by atoms with Crippen LogP contribution < -0.4 is 0 Å². The maximum Gasteiger partial charge on any atom is 0.355 e. The van der Waals surface area contributed by atoms with E-state index in [-0.39, 0.29) is 12.6 Å². The highest BCUT2D eigenvalue weighted by Crippen LogP contribution is 2.10. The average Bonchev–Trinajstić information content (AvgIpc) is 3.18. The van der Waals surface area contributed by atoms with Crippen LogP contribution in [0.3, 0.4) is 0 Å². The molecule has 2 heterocycles. The molecule has 3 aromatic rings. The minimum Gasteiger partial charge on any atom is -0.456 e. The Balaban J connectivity index is 1.63. The van der Waals surface area contributed by atoms with Gasteiger partial charge >= 0.3 is 5.97 Å². The normalized spacial score (nSPS) is 10.4. The van der Waals surface area contributed by atoms with Crippen molar-refractivity contribution in [2.75, 3.05) is 0 Å². The van der Waals surface area contributed by atoms with Gasteiger partial charge in [-0.1, -0.05) is 12.1 Å². The Kier molecular flexibility index (Phi) is 3.33. The van der Waals surface area contributed by atoms with Crippen LogP contribution in [0.1, 0.15) is 16.1 Å². The Hall–Kier alpha value is -2.82. The first-order chi connectivity index (χ1) is 9.83. The van der Waals surface area contributed by atoms with Crippen molar-refractivity contribution in [2.45, 2.75) is 6.61 Å². The third kappa shape index (κ3) is 2.61. The van der Waals surface area contributed by atoms with Crippen LogP contribution in [0.2, 0.25) is 0 Å². The van der Waals surface area contributed by atoms with E-state index in [4.69, 9.17) is 4.74 Å². The smallest absolute Gasteiger partial charge is 0.355 e. The van der Waals surface area contributed by atoms with E-state index in [1.807, 2.05) is 36.5 Å². The number of rotatable bonds is 4. The van der Waals surface area contributed by atoms with Gasteiger partial charge in [-0.25, -0.2) is 9.48 Å². The lowest BCUT2D eigenvalue weighted by Crippen LogP contribution is -2.05. The first-order valence-corrected chi connectivity index (χ1v) is 6.22. The zero-order valence-electron chi connectivity index (χ0n) is 10.7. The highest BCUT2D eigenvalue weighted by molar-refractivity contribution is 5.87. The molecule has 0 radical (unpaired) electrons. The summed E-state index contributed by atoms with van der Waals surface area (Å²) in [5, 5.41) is 4.15. The summed E-state index contributed by atoms with van der Waals surface area (Å²) in [6.45, 7) is 0.247. The van der Waals surface area contributed by atoms with Crippen molar-refractivity contribution in [2.24, 2.45) is 0 Å². The summed E-state index contributed by atoms with van der Waals surface area (Å²) >= 11 is 0. The van der Waals surface area contributed by atoms with Crippen LogP contribution in [-0.4, -0.2) is 20.7 Å². The fourth-order valence-corrected chi connectivity index (χ4v) is 1.85. The Labute approximate surface area is 115 Å². The molecule has 0 bridgehead atoms. The zero-order valence-corrected chi connectivity index (χ0v) is 10.7. The average molecular weight is 267 g/mol. The molecule has 0 amide bonds. The number of ether oxygens (including phenoxy) is 1. The van der Waals surface area contributed by atoms with Gasteiger partial charge in [-0.05, 0) is 35.9 Å². The van der Waals surface area contributed by atoms with E-state index in [0.717, 1.165) is 11.3 Å². The molecule has 0 aliphatic rings. The lowest BCUT2D eigenvalue weighted by molar-refractivity contribution is 0.0466. The summed E-state index contributed by atoms with van der Waals surface area (Å²) in [6.07, 6.45) is 5.29. The highest BCUT2D eigenvalue weighted by Gasteiger charge is 2.07. The second kappa shape index (κ2) is 5.44. The second-order valence-electron chi connectivity index (χ2n) is 4.28. The summed E-state index contributed by atoms with van der Waals surface area (Å²) in [5.74, 6) is -0.355. The van der Waals surface area contributed by atoms with Crippen LogP contribution in [0.25, 0.3) is 5.69 Å². The van der Waals surface area contributed by atoms with E-state index in [1.54, 1.807) is 29.2 Å². The number of carbonyl (C=O) groups is 1. The minimum atomic E-state index is -0.355. The largest absolute Gasteiger partial charge is 0.456 e. The Morgan fingerprint density at radius 1 is 1.20 bits per heavy atom. The van der Waals surface area contributed by atoms with E-state index in [0.29, 0.717) is 5.69 Å². The molecule has 0 atom stereocenters. The lowest BCUT2D eigenvalue weighted by atomic mass is 10.2. The summed E-state index contributed by atoms with van der Waals surface area (Å²) in [6, 6.07) is 13.0. The lowest BCUT2D eigenvalue weighted by Gasteiger charge is -2.05. The van der Waals surface area contributed by atoms with Crippen LogP contribution in [0, 0.1) is 0 Å². The quantitative estimate of drug-likeness (QED) is 0.739. The number of esters is 1. The molecule has 0 saturated heterocycles. The number of nitrogens with zero attached hydrogens (tertiary/aromatic N) is 2. The molecule has 3 rings (SSSR count). The predicted octanol–water partition coefficient (Wildman–Crippen LogP) is 2.56. The van der Waals surface area contributed by atoms with Gasteiger partial charge in [0.15, 0.2) is 0 Å². The van der Waals surface area contributed by atoms with Crippen LogP contribution in [-0.2, 0) is 11.3 Å². The van der Waals surface area contributed by atoms with Crippen LogP contribution >= 0.6 is 0 Å². The molecule has 0 aliphatic heterocycles. The summed E-state index contributed by atoms with van der Waals surface area (Å²) in [4.78, 5) is 14.5. The number of hydrogen-bond donors (Lipinski definition) is 1. The number of carbonyl (C=O) groups excluding carboxylic acids is 1. The molecule has 2 aromatic heterocycles. The van der Waals surface area contributed by atoms with Crippen LogP contribution in [0.15, 0.2) is 61.1 Å². The number of hydrogen-bond acceptors (Lipinski definition) is 3. The summed E-state index contributed by atoms with van der Waals surface area (Å²) in [5.41, 5.74) is 2.36. The number of H-pyrrole nitrogens is 1. The van der Waals surface area contributed by atoms with Gasteiger partial charge in [0.25, 0.3) is 0 Å². The zero-order chi connectivity index (χ0) is 13.8. The Bertz CT molecular complexity index is 671. The minimum absolute atomic E-state index is 0.247. The highest BCUT2D eigenvalue weighted by atomic mass is 16.5. The van der Waals surface area contributed by atoms with E-state index < -0.39 is 0 Å². The van der Waals surface area contributed by atoms with E-state index in [2.05, 4.69) is 10.1 Å². The third-order valence-corrected chi connectivity index (χ3v) is 2.89. The topological polar surface area (TPSA) is 59.9 Å². The van der Waals surface area contributed by atoms with E-state index in [9.17, 15) is 4.79 Å². The molecule has 1 aromatic carbocycles. The van der Waals surface area contributed by atoms with Crippen molar-refractivity contribution in [3.05, 3.63) is 72.3 Å². The van der Waals surface area contributed by atoms with Crippen molar-refractivity contribution in [1.29, 1.82) is 0 Å². The van der Waals surface area contributed by atoms with Gasteiger partial charge < -0.3 is 9.72 Å². The molecule has 0 fully saturated rings.